The molecule has 1 saturated heterocycles. The van der Waals surface area contributed by atoms with E-state index in [0.717, 1.165) is 13.0 Å². The molecule has 0 radical (unpaired) electrons. The van der Waals surface area contributed by atoms with Crippen molar-refractivity contribution < 1.29 is 0 Å². The van der Waals surface area contributed by atoms with Gasteiger partial charge in [-0.2, -0.15) is 0 Å². The van der Waals surface area contributed by atoms with Crippen LogP contribution in [0.3, 0.4) is 0 Å². The van der Waals surface area contributed by atoms with Crippen LogP contribution in [0.15, 0.2) is 36.0 Å². The molecule has 0 saturated carbocycles. The van der Waals surface area contributed by atoms with E-state index >= 15 is 0 Å². The van der Waals surface area contributed by atoms with Crippen LogP contribution in [0.1, 0.15) is 12.0 Å². The molecule has 1 aliphatic rings. The van der Waals surface area contributed by atoms with Crippen LogP contribution < -0.4 is 5.43 Å². The molecule has 0 amide bonds. The first-order valence-electron chi connectivity index (χ1n) is 4.58. The number of hydrogen-bond donors (Lipinski definition) is 1. The fourth-order valence-electron chi connectivity index (χ4n) is 1.50. The number of hydrogen-bond acceptors (Lipinski definition) is 2. The first-order chi connectivity index (χ1) is 6.34. The van der Waals surface area contributed by atoms with Crippen molar-refractivity contribution >= 4 is 6.08 Å². The Hall–Kier alpha value is -1.28. The van der Waals surface area contributed by atoms with E-state index in [1.807, 2.05) is 6.07 Å². The van der Waals surface area contributed by atoms with Crippen LogP contribution in [0.2, 0.25) is 0 Å². The highest BCUT2D eigenvalue weighted by Gasteiger charge is 2.09. The summed E-state index contributed by atoms with van der Waals surface area (Å²) >= 11 is 0. The number of nitrogens with one attached hydrogen (secondary N) is 1. The van der Waals surface area contributed by atoms with E-state index in [1.54, 1.807) is 0 Å². The van der Waals surface area contributed by atoms with Gasteiger partial charge in [-0.05, 0) is 11.6 Å². The van der Waals surface area contributed by atoms with Crippen molar-refractivity contribution in [3.05, 3.63) is 41.6 Å². The Balaban J connectivity index is 2.13. The van der Waals surface area contributed by atoms with Gasteiger partial charge in [-0.3, -0.25) is 0 Å². The van der Waals surface area contributed by atoms with Gasteiger partial charge in [0.05, 0.1) is 0 Å². The highest BCUT2D eigenvalue weighted by molar-refractivity contribution is 5.52. The Labute approximate surface area is 78.8 Å². The maximum absolute atomic E-state index is 3.30. The zero-order valence-electron chi connectivity index (χ0n) is 7.83. The third-order valence-corrected chi connectivity index (χ3v) is 2.19. The number of nitrogens with zero attached hydrogens (tertiary/aromatic N) is 1. The Kier molecular flexibility index (Phi) is 2.32. The van der Waals surface area contributed by atoms with Crippen LogP contribution in [-0.4, -0.2) is 18.6 Å². The summed E-state index contributed by atoms with van der Waals surface area (Å²) in [5, 5.41) is 2.11. The highest BCUT2D eigenvalue weighted by atomic mass is 15.5. The minimum atomic E-state index is 1.10. The van der Waals surface area contributed by atoms with Gasteiger partial charge in [0.2, 0.25) is 0 Å². The Morgan fingerprint density at radius 2 is 2.08 bits per heavy atom. The lowest BCUT2D eigenvalue weighted by Crippen LogP contribution is -2.24. The topological polar surface area (TPSA) is 15.3 Å². The van der Waals surface area contributed by atoms with Crippen molar-refractivity contribution in [2.24, 2.45) is 0 Å². The largest absolute Gasteiger partial charge is 0.323 e. The number of rotatable bonds is 1. The summed E-state index contributed by atoms with van der Waals surface area (Å²) in [6.45, 7) is 1.10. The summed E-state index contributed by atoms with van der Waals surface area (Å²) < 4.78 is 0. The second-order valence-corrected chi connectivity index (χ2v) is 3.36. The lowest BCUT2D eigenvalue weighted by atomic mass is 10.2. The van der Waals surface area contributed by atoms with E-state index in [9.17, 15) is 0 Å². The zero-order chi connectivity index (χ0) is 9.10. The molecule has 0 spiro atoms. The summed E-state index contributed by atoms with van der Waals surface area (Å²) in [4.78, 5) is 0. The molecular weight excluding hydrogens is 160 g/mol. The van der Waals surface area contributed by atoms with E-state index < -0.39 is 0 Å². The van der Waals surface area contributed by atoms with Crippen LogP contribution in [0.5, 0.6) is 0 Å². The van der Waals surface area contributed by atoms with Crippen LogP contribution in [0.4, 0.5) is 0 Å². The molecule has 68 valence electrons. The molecule has 0 atom stereocenters. The average molecular weight is 174 g/mol. The lowest BCUT2D eigenvalue weighted by molar-refractivity contribution is 0.328. The summed E-state index contributed by atoms with van der Waals surface area (Å²) in [5.74, 6) is 0. The molecule has 1 heterocycles. The summed E-state index contributed by atoms with van der Waals surface area (Å²) in [5.41, 5.74) is 5.86. The van der Waals surface area contributed by atoms with Crippen LogP contribution in [0, 0.1) is 0 Å². The molecule has 2 nitrogen and oxygen atoms in total. The molecule has 1 N–H and O–H groups in total. The quantitative estimate of drug-likeness (QED) is 0.699. The van der Waals surface area contributed by atoms with E-state index in [1.165, 1.54) is 11.3 Å². The third kappa shape index (κ3) is 2.10. The minimum Gasteiger partial charge on any atom is -0.323 e. The van der Waals surface area contributed by atoms with Crippen molar-refractivity contribution in [1.82, 2.24) is 10.4 Å². The van der Waals surface area contributed by atoms with E-state index in [-0.39, 0.29) is 0 Å². The van der Waals surface area contributed by atoms with Crippen molar-refractivity contribution in [1.29, 1.82) is 0 Å². The monoisotopic (exact) mass is 174 g/mol. The number of hydrazine groups is 1. The maximum Gasteiger partial charge on any atom is 0.0283 e. The molecule has 1 fully saturated rings. The first kappa shape index (κ1) is 8.32. The predicted octanol–water partition coefficient (Wildman–Crippen LogP) is 1.87. The van der Waals surface area contributed by atoms with Gasteiger partial charge in [0.25, 0.3) is 0 Å². The highest BCUT2D eigenvalue weighted by Crippen LogP contribution is 2.12. The third-order valence-electron chi connectivity index (χ3n) is 2.19. The SMILES string of the molecule is CN1CCC(=Cc2ccccc2)N1. The molecular formula is C11H14N2. The van der Waals surface area contributed by atoms with Crippen LogP contribution >= 0.6 is 0 Å². The normalized spacial score (nSPS) is 20.5. The van der Waals surface area contributed by atoms with Gasteiger partial charge in [-0.25, -0.2) is 5.01 Å². The van der Waals surface area contributed by atoms with Crippen LogP contribution in [-0.2, 0) is 0 Å². The Bertz CT molecular complexity index is 303. The van der Waals surface area contributed by atoms with Gasteiger partial charge < -0.3 is 5.43 Å². The molecule has 0 aromatic heterocycles. The van der Waals surface area contributed by atoms with E-state index in [2.05, 4.69) is 47.8 Å². The standard InChI is InChI=1S/C11H14N2/c1-13-8-7-11(12-13)9-10-5-3-2-4-6-10/h2-6,9,12H,7-8H2,1H3. The van der Waals surface area contributed by atoms with Gasteiger partial charge in [-0.1, -0.05) is 30.3 Å². The fraction of sp³-hybridized carbons (Fsp3) is 0.273. The van der Waals surface area contributed by atoms with Gasteiger partial charge >= 0.3 is 0 Å². The number of benzene rings is 1. The van der Waals surface area contributed by atoms with Crippen molar-refractivity contribution in [3.63, 3.8) is 0 Å². The molecule has 2 rings (SSSR count). The van der Waals surface area contributed by atoms with Crippen molar-refractivity contribution in [2.75, 3.05) is 13.6 Å². The summed E-state index contributed by atoms with van der Waals surface area (Å²) in [7, 11) is 2.06. The zero-order valence-corrected chi connectivity index (χ0v) is 7.83. The molecule has 0 aliphatic carbocycles. The fourth-order valence-corrected chi connectivity index (χ4v) is 1.50. The van der Waals surface area contributed by atoms with E-state index in [4.69, 9.17) is 0 Å². The van der Waals surface area contributed by atoms with Crippen LogP contribution in [0.25, 0.3) is 6.08 Å². The molecule has 0 bridgehead atoms. The first-order valence-corrected chi connectivity index (χ1v) is 4.58. The Morgan fingerprint density at radius 1 is 1.31 bits per heavy atom. The summed E-state index contributed by atoms with van der Waals surface area (Å²) in [6.07, 6.45) is 3.31. The summed E-state index contributed by atoms with van der Waals surface area (Å²) in [6, 6.07) is 10.4. The van der Waals surface area contributed by atoms with Gasteiger partial charge in [0.1, 0.15) is 0 Å². The molecule has 0 unspecified atom stereocenters. The van der Waals surface area contributed by atoms with Crippen molar-refractivity contribution in [3.8, 4) is 0 Å². The van der Waals surface area contributed by atoms with Gasteiger partial charge in [0, 0.05) is 25.7 Å². The smallest absolute Gasteiger partial charge is 0.0283 e. The molecule has 1 aliphatic heterocycles. The molecule has 2 heteroatoms. The average Bonchev–Trinajstić information content (AvgIpc) is 2.53. The maximum atomic E-state index is 3.30. The minimum absolute atomic E-state index is 1.10. The lowest BCUT2D eigenvalue weighted by Gasteiger charge is -2.06. The van der Waals surface area contributed by atoms with Gasteiger partial charge in [-0.15, -0.1) is 0 Å². The molecule has 1 aromatic rings. The molecule has 1 aromatic carbocycles. The second kappa shape index (κ2) is 3.62. The molecule has 13 heavy (non-hydrogen) atoms. The predicted molar refractivity (Wildman–Crippen MR) is 54.8 cm³/mol. The van der Waals surface area contributed by atoms with Crippen molar-refractivity contribution in [2.45, 2.75) is 6.42 Å². The Morgan fingerprint density at radius 3 is 2.69 bits per heavy atom. The van der Waals surface area contributed by atoms with E-state index in [0.29, 0.717) is 0 Å². The van der Waals surface area contributed by atoms with Gasteiger partial charge in [0.15, 0.2) is 0 Å². The second-order valence-electron chi connectivity index (χ2n) is 3.36.